The third-order valence-corrected chi connectivity index (χ3v) is 5.10. The predicted molar refractivity (Wildman–Crippen MR) is 80.5 cm³/mol. The average molecular weight is 310 g/mol. The highest BCUT2D eigenvalue weighted by molar-refractivity contribution is 6.33. The summed E-state index contributed by atoms with van der Waals surface area (Å²) in [5.41, 5.74) is 0.344. The lowest BCUT2D eigenvalue weighted by atomic mass is 9.93. The Kier molecular flexibility index (Phi) is 4.09. The fourth-order valence-corrected chi connectivity index (χ4v) is 3.94. The van der Waals surface area contributed by atoms with E-state index in [-0.39, 0.29) is 29.7 Å². The molecule has 0 aromatic heterocycles. The highest BCUT2D eigenvalue weighted by Gasteiger charge is 2.40. The van der Waals surface area contributed by atoms with E-state index in [4.69, 9.17) is 11.6 Å². The highest BCUT2D eigenvalue weighted by atomic mass is 35.5. The molecule has 0 radical (unpaired) electrons. The maximum absolute atomic E-state index is 12.7. The van der Waals surface area contributed by atoms with Crippen molar-refractivity contribution in [3.8, 4) is 5.75 Å². The van der Waals surface area contributed by atoms with Crippen molar-refractivity contribution in [3.63, 3.8) is 0 Å². The molecule has 21 heavy (non-hydrogen) atoms. The quantitative estimate of drug-likeness (QED) is 0.883. The smallest absolute Gasteiger partial charge is 0.255 e. The lowest BCUT2D eigenvalue weighted by Crippen LogP contribution is -2.42. The second-order valence-electron chi connectivity index (χ2n) is 6.03. The third kappa shape index (κ3) is 2.74. The number of halogens is 1. The molecule has 1 aliphatic heterocycles. The number of aliphatic hydroxyl groups excluding tert-OH is 1. The molecule has 0 spiro atoms. The molecule has 1 aliphatic carbocycles. The Labute approximate surface area is 129 Å². The van der Waals surface area contributed by atoms with Crippen molar-refractivity contribution in [2.75, 3.05) is 6.54 Å². The predicted octanol–water partition coefficient (Wildman–Crippen LogP) is 2.81. The molecular formula is C16H20ClNO3. The summed E-state index contributed by atoms with van der Waals surface area (Å²) in [6.45, 7) is 0.693. The average Bonchev–Trinajstić information content (AvgIpc) is 3.08. The van der Waals surface area contributed by atoms with Gasteiger partial charge in [0.05, 0.1) is 16.7 Å². The second-order valence-corrected chi connectivity index (χ2v) is 6.44. The zero-order valence-corrected chi connectivity index (χ0v) is 12.6. The fraction of sp³-hybridized carbons (Fsp3) is 0.562. The number of hydrogen-bond donors (Lipinski definition) is 2. The highest BCUT2D eigenvalue weighted by Crippen LogP contribution is 2.37. The zero-order valence-electron chi connectivity index (χ0n) is 11.8. The van der Waals surface area contributed by atoms with Crippen LogP contribution in [0.3, 0.4) is 0 Å². The summed E-state index contributed by atoms with van der Waals surface area (Å²) in [7, 11) is 0. The van der Waals surface area contributed by atoms with Crippen LogP contribution in [-0.2, 0) is 0 Å². The molecule has 1 heterocycles. The maximum Gasteiger partial charge on any atom is 0.255 e. The molecule has 3 unspecified atom stereocenters. The third-order valence-electron chi connectivity index (χ3n) is 4.77. The SMILES string of the molecule is O=C(c1cc(O)ccc1Cl)N1CCCC1C1CCCC1O. The molecule has 114 valence electrons. The van der Waals surface area contributed by atoms with Gasteiger partial charge in [-0.05, 0) is 43.9 Å². The second kappa shape index (κ2) is 5.85. The van der Waals surface area contributed by atoms with Gasteiger partial charge in [0.25, 0.3) is 5.91 Å². The van der Waals surface area contributed by atoms with Crippen LogP contribution in [0.15, 0.2) is 18.2 Å². The first-order chi connectivity index (χ1) is 10.1. The van der Waals surface area contributed by atoms with Gasteiger partial charge in [0.1, 0.15) is 5.75 Å². The van der Waals surface area contributed by atoms with Crippen molar-refractivity contribution in [1.82, 2.24) is 4.90 Å². The van der Waals surface area contributed by atoms with E-state index in [0.717, 1.165) is 32.1 Å². The Morgan fingerprint density at radius 1 is 1.24 bits per heavy atom. The van der Waals surface area contributed by atoms with Gasteiger partial charge in [0.2, 0.25) is 0 Å². The standard InChI is InChI=1S/C16H20ClNO3/c17-13-7-6-10(19)9-12(13)16(21)18-8-2-4-14(18)11-3-1-5-15(11)20/h6-7,9,11,14-15,19-20H,1-5,8H2. The summed E-state index contributed by atoms with van der Waals surface area (Å²) in [5.74, 6) is 0.0735. The Morgan fingerprint density at radius 3 is 2.76 bits per heavy atom. The molecule has 3 rings (SSSR count). The van der Waals surface area contributed by atoms with Gasteiger partial charge >= 0.3 is 0 Å². The molecule has 2 aliphatic rings. The number of nitrogens with zero attached hydrogens (tertiary/aromatic N) is 1. The number of aromatic hydroxyl groups is 1. The first-order valence-corrected chi connectivity index (χ1v) is 7.93. The number of carbonyl (C=O) groups is 1. The van der Waals surface area contributed by atoms with E-state index < -0.39 is 0 Å². The number of amides is 1. The molecule has 2 N–H and O–H groups in total. The first kappa shape index (κ1) is 14.7. The van der Waals surface area contributed by atoms with Crippen molar-refractivity contribution >= 4 is 17.5 Å². The molecule has 3 atom stereocenters. The van der Waals surface area contributed by atoms with Crippen LogP contribution in [-0.4, -0.2) is 39.7 Å². The molecule has 1 aromatic rings. The van der Waals surface area contributed by atoms with E-state index >= 15 is 0 Å². The van der Waals surface area contributed by atoms with Crippen LogP contribution in [0.25, 0.3) is 0 Å². The number of benzene rings is 1. The lowest BCUT2D eigenvalue weighted by Gasteiger charge is -2.31. The van der Waals surface area contributed by atoms with Gasteiger partial charge in [-0.1, -0.05) is 18.0 Å². The molecule has 1 saturated heterocycles. The van der Waals surface area contributed by atoms with Crippen molar-refractivity contribution < 1.29 is 15.0 Å². The van der Waals surface area contributed by atoms with E-state index in [1.165, 1.54) is 12.1 Å². The Balaban J connectivity index is 1.84. The van der Waals surface area contributed by atoms with E-state index in [1.807, 2.05) is 4.90 Å². The number of phenolic OH excluding ortho intramolecular Hbond substituents is 1. The largest absolute Gasteiger partial charge is 0.508 e. The monoisotopic (exact) mass is 309 g/mol. The molecule has 1 aromatic carbocycles. The van der Waals surface area contributed by atoms with Gasteiger partial charge in [-0.2, -0.15) is 0 Å². The van der Waals surface area contributed by atoms with Crippen LogP contribution in [0.5, 0.6) is 5.75 Å². The normalized spacial score (nSPS) is 29.0. The lowest BCUT2D eigenvalue weighted by molar-refractivity contribution is 0.0527. The minimum atomic E-state index is -0.303. The van der Waals surface area contributed by atoms with Crippen LogP contribution >= 0.6 is 11.6 Å². The van der Waals surface area contributed by atoms with Crippen LogP contribution in [0.2, 0.25) is 5.02 Å². The Bertz CT molecular complexity index is 548. The topological polar surface area (TPSA) is 60.8 Å². The summed E-state index contributed by atoms with van der Waals surface area (Å²) in [6.07, 6.45) is 4.42. The van der Waals surface area contributed by atoms with Crippen LogP contribution in [0.1, 0.15) is 42.5 Å². The maximum atomic E-state index is 12.7. The van der Waals surface area contributed by atoms with Gasteiger partial charge in [-0.3, -0.25) is 4.79 Å². The van der Waals surface area contributed by atoms with Crippen molar-refractivity contribution in [3.05, 3.63) is 28.8 Å². The van der Waals surface area contributed by atoms with Crippen molar-refractivity contribution in [1.29, 1.82) is 0 Å². The zero-order chi connectivity index (χ0) is 15.0. The van der Waals surface area contributed by atoms with Gasteiger partial charge < -0.3 is 15.1 Å². The van der Waals surface area contributed by atoms with E-state index in [1.54, 1.807) is 6.07 Å². The number of aliphatic hydroxyl groups is 1. The van der Waals surface area contributed by atoms with E-state index in [0.29, 0.717) is 17.1 Å². The summed E-state index contributed by atoms with van der Waals surface area (Å²) in [5, 5.41) is 20.1. The first-order valence-electron chi connectivity index (χ1n) is 7.55. The van der Waals surface area contributed by atoms with Crippen LogP contribution in [0, 0.1) is 5.92 Å². The summed E-state index contributed by atoms with van der Waals surface area (Å²) in [6, 6.07) is 4.53. The summed E-state index contributed by atoms with van der Waals surface area (Å²) >= 11 is 6.10. The van der Waals surface area contributed by atoms with Crippen molar-refractivity contribution in [2.45, 2.75) is 44.2 Å². The van der Waals surface area contributed by atoms with Crippen LogP contribution < -0.4 is 0 Å². The number of rotatable bonds is 2. The molecule has 4 nitrogen and oxygen atoms in total. The van der Waals surface area contributed by atoms with Gasteiger partial charge in [-0.15, -0.1) is 0 Å². The van der Waals surface area contributed by atoms with Gasteiger partial charge in [-0.25, -0.2) is 0 Å². The number of likely N-dealkylation sites (tertiary alicyclic amines) is 1. The van der Waals surface area contributed by atoms with Gasteiger partial charge in [0.15, 0.2) is 0 Å². The summed E-state index contributed by atoms with van der Waals surface area (Å²) in [4.78, 5) is 14.6. The minimum absolute atomic E-state index is 0.0411. The van der Waals surface area contributed by atoms with Crippen molar-refractivity contribution in [2.24, 2.45) is 5.92 Å². The fourth-order valence-electron chi connectivity index (χ4n) is 3.74. The van der Waals surface area contributed by atoms with Crippen LogP contribution in [0.4, 0.5) is 0 Å². The molecule has 2 fully saturated rings. The van der Waals surface area contributed by atoms with E-state index in [9.17, 15) is 15.0 Å². The Hall–Kier alpha value is -1.26. The molecule has 1 amide bonds. The molecular weight excluding hydrogens is 290 g/mol. The molecule has 5 heteroatoms. The Morgan fingerprint density at radius 2 is 2.05 bits per heavy atom. The molecule has 1 saturated carbocycles. The van der Waals surface area contributed by atoms with E-state index in [2.05, 4.69) is 0 Å². The molecule has 0 bridgehead atoms. The minimum Gasteiger partial charge on any atom is -0.508 e. The summed E-state index contributed by atoms with van der Waals surface area (Å²) < 4.78 is 0. The van der Waals surface area contributed by atoms with Gasteiger partial charge in [0, 0.05) is 18.5 Å². The number of phenols is 1. The number of hydrogen-bond acceptors (Lipinski definition) is 3. The number of carbonyl (C=O) groups excluding carboxylic acids is 1.